The third kappa shape index (κ3) is 4.88. The fraction of sp³-hybridized carbons (Fsp3) is 0. The van der Waals surface area contributed by atoms with Gasteiger partial charge in [0.05, 0.1) is 38.0 Å². The van der Waals surface area contributed by atoms with Gasteiger partial charge < -0.3 is 8.98 Å². The minimum absolute atomic E-state index is 0.554. The Morgan fingerprint density at radius 2 is 0.983 bits per heavy atom. The molecule has 0 aliphatic heterocycles. The average molecular weight is 787 g/mol. The molecule has 0 saturated heterocycles. The first-order valence-corrected chi connectivity index (χ1v) is 20.7. The zero-order chi connectivity index (χ0) is 39.3. The van der Waals surface area contributed by atoms with Crippen molar-refractivity contribution in [2.45, 2.75) is 0 Å². The average Bonchev–Trinajstić information content (AvgIpc) is 4.09. The Kier molecular flexibility index (Phi) is 7.05. The zero-order valence-electron chi connectivity index (χ0n) is 31.8. The van der Waals surface area contributed by atoms with E-state index in [4.69, 9.17) is 24.4 Å². The van der Waals surface area contributed by atoms with E-state index in [0.29, 0.717) is 17.6 Å². The van der Waals surface area contributed by atoms with Gasteiger partial charge in [0.25, 0.3) is 0 Å². The van der Waals surface area contributed by atoms with Gasteiger partial charge in [0.1, 0.15) is 16.2 Å². The van der Waals surface area contributed by atoms with Crippen molar-refractivity contribution in [2.75, 3.05) is 0 Å². The molecule has 0 amide bonds. The fourth-order valence-electron chi connectivity index (χ4n) is 8.95. The van der Waals surface area contributed by atoms with Crippen LogP contribution in [0.15, 0.2) is 186 Å². The Hall–Kier alpha value is -7.94. The SMILES string of the molecule is c1ccc(-c2nc(-c3ccccc3)nc(-n3c4ccccc4c4ccc5c6ccccc6n(-c6cccc7nc(-c8ccc9oc%10ccccc%10c9c8)sc67)c5c43)n2)cc1. The maximum absolute atomic E-state index is 6.17. The molecule has 0 saturated carbocycles. The summed E-state index contributed by atoms with van der Waals surface area (Å²) in [5.74, 6) is 1.78. The van der Waals surface area contributed by atoms with Gasteiger partial charge in [0, 0.05) is 49.0 Å². The van der Waals surface area contributed by atoms with Crippen LogP contribution in [0, 0.1) is 0 Å². The topological polar surface area (TPSA) is 74.6 Å². The Balaban J connectivity index is 1.12. The largest absolute Gasteiger partial charge is 0.456 e. The van der Waals surface area contributed by atoms with Crippen molar-refractivity contribution in [1.29, 1.82) is 0 Å². The van der Waals surface area contributed by atoms with Crippen LogP contribution >= 0.6 is 11.3 Å². The number of hydrogen-bond acceptors (Lipinski definition) is 6. The van der Waals surface area contributed by atoms with Gasteiger partial charge in [-0.2, -0.15) is 9.97 Å². The van der Waals surface area contributed by atoms with E-state index in [1.807, 2.05) is 48.5 Å². The van der Waals surface area contributed by atoms with E-state index in [1.165, 1.54) is 0 Å². The first-order chi connectivity index (χ1) is 29.7. The number of furan rings is 1. The predicted octanol–water partition coefficient (Wildman–Crippen LogP) is 13.6. The molecule has 13 rings (SSSR count). The maximum Gasteiger partial charge on any atom is 0.238 e. The molecular formula is C52H30N6OS. The van der Waals surface area contributed by atoms with Crippen molar-refractivity contribution >= 4 is 87.1 Å². The van der Waals surface area contributed by atoms with Crippen LogP contribution in [0.5, 0.6) is 0 Å². The van der Waals surface area contributed by atoms with Gasteiger partial charge in [-0.25, -0.2) is 9.97 Å². The minimum Gasteiger partial charge on any atom is -0.456 e. The molecule has 0 aliphatic carbocycles. The van der Waals surface area contributed by atoms with Crippen molar-refractivity contribution < 1.29 is 4.42 Å². The molecule has 60 heavy (non-hydrogen) atoms. The predicted molar refractivity (Wildman–Crippen MR) is 245 cm³/mol. The molecule has 280 valence electrons. The normalized spacial score (nSPS) is 12.0. The lowest BCUT2D eigenvalue weighted by Crippen LogP contribution is -2.07. The maximum atomic E-state index is 6.17. The quantitative estimate of drug-likeness (QED) is 0.174. The van der Waals surface area contributed by atoms with Crippen LogP contribution < -0.4 is 0 Å². The molecular weight excluding hydrogens is 757 g/mol. The van der Waals surface area contributed by atoms with E-state index < -0.39 is 0 Å². The summed E-state index contributed by atoms with van der Waals surface area (Å²) in [5, 5.41) is 7.68. The number of rotatable bonds is 5. The first kappa shape index (κ1) is 33.1. The van der Waals surface area contributed by atoms with Crippen molar-refractivity contribution in [3.63, 3.8) is 0 Å². The molecule has 0 fully saturated rings. The van der Waals surface area contributed by atoms with Gasteiger partial charge in [0.2, 0.25) is 5.95 Å². The van der Waals surface area contributed by atoms with Gasteiger partial charge in [-0.15, -0.1) is 11.3 Å². The molecule has 8 heteroatoms. The van der Waals surface area contributed by atoms with E-state index in [2.05, 4.69) is 143 Å². The third-order valence-electron chi connectivity index (χ3n) is 11.6. The Morgan fingerprint density at radius 1 is 0.400 bits per heavy atom. The summed E-state index contributed by atoms with van der Waals surface area (Å²) in [4.78, 5) is 20.9. The summed E-state index contributed by atoms with van der Waals surface area (Å²) < 4.78 is 11.9. The van der Waals surface area contributed by atoms with E-state index in [1.54, 1.807) is 11.3 Å². The lowest BCUT2D eigenvalue weighted by atomic mass is 10.1. The highest BCUT2D eigenvalue weighted by atomic mass is 32.1. The van der Waals surface area contributed by atoms with Crippen molar-refractivity contribution in [3.8, 4) is 45.0 Å². The Labute approximate surface area is 346 Å². The standard InChI is InChI=1S/C52H30N6OS/c1-3-14-31(15-4-1)49-54-50(32-16-5-2-6-17-32)56-52(55-49)58-42-23-11-8-19-35(42)38-28-27-37-34-18-7-10-22-41(34)57(46(37)47(38)58)43-24-13-21-40-48(43)60-51(53-40)33-26-29-45-39(30-33)36-20-9-12-25-44(36)59-45/h1-30H. The third-order valence-corrected chi connectivity index (χ3v) is 12.8. The van der Waals surface area contributed by atoms with E-state index in [9.17, 15) is 0 Å². The van der Waals surface area contributed by atoms with Crippen LogP contribution in [0.1, 0.15) is 0 Å². The Bertz CT molecular complexity index is 3780. The summed E-state index contributed by atoms with van der Waals surface area (Å²) in [5.41, 5.74) is 10.9. The second-order valence-electron chi connectivity index (χ2n) is 15.0. The molecule has 5 heterocycles. The molecule has 0 unspecified atom stereocenters. The van der Waals surface area contributed by atoms with Crippen LogP contribution in [0.25, 0.3) is 121 Å². The van der Waals surface area contributed by atoms with Crippen LogP contribution in [0.4, 0.5) is 0 Å². The molecule has 0 radical (unpaired) electrons. The lowest BCUT2D eigenvalue weighted by molar-refractivity contribution is 0.669. The van der Waals surface area contributed by atoms with Crippen LogP contribution in [-0.2, 0) is 0 Å². The molecule has 0 atom stereocenters. The zero-order valence-corrected chi connectivity index (χ0v) is 32.6. The summed E-state index contributed by atoms with van der Waals surface area (Å²) in [6.45, 7) is 0. The monoisotopic (exact) mass is 786 g/mol. The van der Waals surface area contributed by atoms with E-state index in [0.717, 1.165) is 103 Å². The highest BCUT2D eigenvalue weighted by molar-refractivity contribution is 7.22. The van der Waals surface area contributed by atoms with Crippen molar-refractivity contribution in [2.24, 2.45) is 0 Å². The second kappa shape index (κ2) is 12.8. The number of thiazole rings is 1. The van der Waals surface area contributed by atoms with Gasteiger partial charge in [-0.05, 0) is 48.5 Å². The summed E-state index contributed by atoms with van der Waals surface area (Å²) >= 11 is 1.72. The summed E-state index contributed by atoms with van der Waals surface area (Å²) in [6, 6.07) is 63.1. The molecule has 0 aliphatic rings. The number of benzene rings is 8. The van der Waals surface area contributed by atoms with Crippen LogP contribution in [0.3, 0.4) is 0 Å². The van der Waals surface area contributed by atoms with Crippen molar-refractivity contribution in [3.05, 3.63) is 182 Å². The molecule has 8 aromatic carbocycles. The van der Waals surface area contributed by atoms with Crippen LogP contribution in [-0.4, -0.2) is 29.1 Å². The van der Waals surface area contributed by atoms with Gasteiger partial charge >= 0.3 is 0 Å². The molecule has 5 aromatic heterocycles. The number of fused-ring (bicyclic) bond motifs is 11. The summed E-state index contributed by atoms with van der Waals surface area (Å²) in [7, 11) is 0. The van der Waals surface area contributed by atoms with E-state index in [-0.39, 0.29) is 0 Å². The first-order valence-electron chi connectivity index (χ1n) is 19.9. The molecule has 7 nitrogen and oxygen atoms in total. The smallest absolute Gasteiger partial charge is 0.238 e. The Morgan fingerprint density at radius 3 is 1.68 bits per heavy atom. The molecule has 13 aromatic rings. The molecule has 0 bridgehead atoms. The summed E-state index contributed by atoms with van der Waals surface area (Å²) in [6.07, 6.45) is 0. The highest BCUT2D eigenvalue weighted by Gasteiger charge is 2.25. The fourth-order valence-corrected chi connectivity index (χ4v) is 10.0. The minimum atomic E-state index is 0.554. The highest BCUT2D eigenvalue weighted by Crippen LogP contribution is 2.44. The van der Waals surface area contributed by atoms with E-state index >= 15 is 0 Å². The number of para-hydroxylation sites is 3. The van der Waals surface area contributed by atoms with Crippen molar-refractivity contribution in [1.82, 2.24) is 29.1 Å². The van der Waals surface area contributed by atoms with Gasteiger partial charge in [0.15, 0.2) is 11.6 Å². The van der Waals surface area contributed by atoms with Gasteiger partial charge in [-0.1, -0.05) is 133 Å². The number of nitrogens with zero attached hydrogens (tertiary/aromatic N) is 6. The number of aromatic nitrogens is 6. The molecule has 0 N–H and O–H groups in total. The number of hydrogen-bond donors (Lipinski definition) is 0. The lowest BCUT2D eigenvalue weighted by Gasteiger charge is -2.13. The van der Waals surface area contributed by atoms with Gasteiger partial charge in [-0.3, -0.25) is 4.57 Å². The van der Waals surface area contributed by atoms with Crippen LogP contribution in [0.2, 0.25) is 0 Å². The second-order valence-corrected chi connectivity index (χ2v) is 16.0. The molecule has 0 spiro atoms.